The summed E-state index contributed by atoms with van der Waals surface area (Å²) in [5.41, 5.74) is 2.42. The van der Waals surface area contributed by atoms with Crippen molar-refractivity contribution in [3.8, 4) is 0 Å². The third-order valence-electron chi connectivity index (χ3n) is 10.3. The normalized spacial score (nSPS) is 42.0. The van der Waals surface area contributed by atoms with Crippen molar-refractivity contribution in [1.29, 1.82) is 0 Å². The molecule has 0 saturated heterocycles. The fourth-order valence-corrected chi connectivity index (χ4v) is 8.69. The maximum absolute atomic E-state index is 11.5. The molecule has 4 aliphatic carbocycles. The van der Waals surface area contributed by atoms with Crippen LogP contribution in [0.3, 0.4) is 0 Å². The molecule has 4 rings (SSSR count). The average molecular weight is 445 g/mol. The van der Waals surface area contributed by atoms with Crippen LogP contribution in [0.15, 0.2) is 11.6 Å². The molecule has 0 amide bonds. The standard InChI is InChI=1S/C28H48N2O2/c1-19(29-16-7-17-30(5)6)24-10-11-25-23-9-8-21-18-22(32-20(2)31)12-14-27(21,3)26(23)13-15-28(24,25)4/h8,19,22-26,29H,7,9-18H2,1-6H3. The maximum atomic E-state index is 11.5. The van der Waals surface area contributed by atoms with Gasteiger partial charge in [-0.2, -0.15) is 0 Å². The Labute approximate surface area is 196 Å². The summed E-state index contributed by atoms with van der Waals surface area (Å²) >= 11 is 0. The van der Waals surface area contributed by atoms with E-state index in [1.54, 1.807) is 12.5 Å². The molecule has 32 heavy (non-hydrogen) atoms. The van der Waals surface area contributed by atoms with Crippen molar-refractivity contribution >= 4 is 5.97 Å². The quantitative estimate of drug-likeness (QED) is 0.323. The number of hydrogen-bond donors (Lipinski definition) is 1. The molecule has 0 aliphatic heterocycles. The molecule has 8 atom stereocenters. The lowest BCUT2D eigenvalue weighted by molar-refractivity contribution is -0.148. The molecule has 0 aromatic carbocycles. The summed E-state index contributed by atoms with van der Waals surface area (Å²) in [4.78, 5) is 13.8. The molecule has 8 unspecified atom stereocenters. The molecular weight excluding hydrogens is 396 g/mol. The number of rotatable bonds is 7. The Balaban J connectivity index is 1.43. The number of ether oxygens (including phenoxy) is 1. The Hall–Kier alpha value is -0.870. The van der Waals surface area contributed by atoms with Crippen molar-refractivity contribution in [2.45, 2.75) is 97.6 Å². The molecular formula is C28H48N2O2. The molecule has 4 nitrogen and oxygen atoms in total. The lowest BCUT2D eigenvalue weighted by Gasteiger charge is -2.58. The molecule has 0 aromatic heterocycles. The molecule has 1 N–H and O–H groups in total. The smallest absolute Gasteiger partial charge is 0.302 e. The summed E-state index contributed by atoms with van der Waals surface area (Å²) < 4.78 is 5.61. The Morgan fingerprint density at radius 2 is 1.97 bits per heavy atom. The second kappa shape index (κ2) is 9.41. The molecule has 3 fully saturated rings. The van der Waals surface area contributed by atoms with Crippen LogP contribution in [0.25, 0.3) is 0 Å². The van der Waals surface area contributed by atoms with E-state index in [0.29, 0.717) is 16.9 Å². The summed E-state index contributed by atoms with van der Waals surface area (Å²) in [6.45, 7) is 11.5. The summed E-state index contributed by atoms with van der Waals surface area (Å²) in [5, 5.41) is 3.90. The average Bonchev–Trinajstić information content (AvgIpc) is 3.08. The van der Waals surface area contributed by atoms with Crippen LogP contribution >= 0.6 is 0 Å². The summed E-state index contributed by atoms with van der Waals surface area (Å²) in [6.07, 6.45) is 14.0. The Bertz CT molecular complexity index is 718. The zero-order valence-corrected chi connectivity index (χ0v) is 21.6. The zero-order valence-electron chi connectivity index (χ0n) is 21.6. The van der Waals surface area contributed by atoms with Gasteiger partial charge >= 0.3 is 5.97 Å². The molecule has 0 spiro atoms. The van der Waals surface area contributed by atoms with Crippen LogP contribution in [-0.2, 0) is 9.53 Å². The Kier molecular flexibility index (Phi) is 7.13. The zero-order chi connectivity index (χ0) is 23.1. The van der Waals surface area contributed by atoms with Gasteiger partial charge < -0.3 is 15.0 Å². The highest BCUT2D eigenvalue weighted by Crippen LogP contribution is 2.66. The number of allylic oxidation sites excluding steroid dienone is 1. The van der Waals surface area contributed by atoms with Gasteiger partial charge in [-0.15, -0.1) is 0 Å². The van der Waals surface area contributed by atoms with Crippen molar-refractivity contribution in [1.82, 2.24) is 10.2 Å². The van der Waals surface area contributed by atoms with Crippen LogP contribution in [0.4, 0.5) is 0 Å². The Morgan fingerprint density at radius 1 is 1.19 bits per heavy atom. The summed E-state index contributed by atoms with van der Waals surface area (Å²) in [6, 6.07) is 0.619. The van der Waals surface area contributed by atoms with Crippen molar-refractivity contribution in [3.63, 3.8) is 0 Å². The molecule has 0 heterocycles. The van der Waals surface area contributed by atoms with Crippen LogP contribution < -0.4 is 5.32 Å². The molecule has 0 bridgehead atoms. The molecule has 3 saturated carbocycles. The third-order valence-corrected chi connectivity index (χ3v) is 10.3. The van der Waals surface area contributed by atoms with Gasteiger partial charge in [0.15, 0.2) is 0 Å². The van der Waals surface area contributed by atoms with Gasteiger partial charge in [-0.3, -0.25) is 4.79 Å². The van der Waals surface area contributed by atoms with Crippen molar-refractivity contribution in [3.05, 3.63) is 11.6 Å². The topological polar surface area (TPSA) is 41.6 Å². The van der Waals surface area contributed by atoms with Crippen LogP contribution in [0.2, 0.25) is 0 Å². The van der Waals surface area contributed by atoms with Gasteiger partial charge in [0, 0.05) is 19.4 Å². The number of carbonyl (C=O) groups excluding carboxylic acids is 1. The van der Waals surface area contributed by atoms with Gasteiger partial charge in [-0.05, 0) is 120 Å². The first-order valence-electron chi connectivity index (χ1n) is 13.4. The Morgan fingerprint density at radius 3 is 2.69 bits per heavy atom. The predicted molar refractivity (Wildman–Crippen MR) is 131 cm³/mol. The van der Waals surface area contributed by atoms with Crippen molar-refractivity contribution in [2.75, 3.05) is 27.2 Å². The molecule has 0 radical (unpaired) electrons. The number of nitrogens with one attached hydrogen (secondary N) is 1. The van der Waals surface area contributed by atoms with Gasteiger partial charge in [0.1, 0.15) is 6.10 Å². The lowest BCUT2D eigenvalue weighted by Crippen LogP contribution is -2.52. The lowest BCUT2D eigenvalue weighted by atomic mass is 9.47. The number of hydrogen-bond acceptors (Lipinski definition) is 4. The van der Waals surface area contributed by atoms with Crippen LogP contribution in [0.5, 0.6) is 0 Å². The second-order valence-corrected chi connectivity index (χ2v) is 12.4. The minimum Gasteiger partial charge on any atom is -0.462 e. The fraction of sp³-hybridized carbons (Fsp3) is 0.893. The minimum atomic E-state index is -0.122. The first-order chi connectivity index (χ1) is 15.1. The third kappa shape index (κ3) is 4.43. The number of esters is 1. The molecule has 182 valence electrons. The molecule has 4 heteroatoms. The first kappa shape index (κ1) is 24.3. The van der Waals surface area contributed by atoms with Crippen molar-refractivity contribution < 1.29 is 9.53 Å². The maximum Gasteiger partial charge on any atom is 0.302 e. The first-order valence-corrected chi connectivity index (χ1v) is 13.4. The highest BCUT2D eigenvalue weighted by atomic mass is 16.5. The summed E-state index contributed by atoms with van der Waals surface area (Å²) in [7, 11) is 4.33. The number of fused-ring (bicyclic) bond motifs is 5. The van der Waals surface area contributed by atoms with E-state index in [4.69, 9.17) is 4.74 Å². The van der Waals surface area contributed by atoms with E-state index < -0.39 is 0 Å². The van der Waals surface area contributed by atoms with Gasteiger partial charge in [0.25, 0.3) is 0 Å². The largest absolute Gasteiger partial charge is 0.462 e. The van der Waals surface area contributed by atoms with Gasteiger partial charge in [-0.1, -0.05) is 25.5 Å². The van der Waals surface area contributed by atoms with E-state index in [1.165, 1.54) is 51.5 Å². The van der Waals surface area contributed by atoms with Crippen LogP contribution in [-0.4, -0.2) is 50.2 Å². The highest BCUT2D eigenvalue weighted by Gasteiger charge is 2.59. The van der Waals surface area contributed by atoms with E-state index in [9.17, 15) is 4.79 Å². The predicted octanol–water partition coefficient (Wildman–Crippen LogP) is 5.43. The van der Waals surface area contributed by atoms with Crippen molar-refractivity contribution in [2.24, 2.45) is 34.5 Å². The highest BCUT2D eigenvalue weighted by molar-refractivity contribution is 5.66. The fourth-order valence-electron chi connectivity index (χ4n) is 8.69. The van der Waals surface area contributed by atoms with E-state index in [0.717, 1.165) is 43.1 Å². The van der Waals surface area contributed by atoms with Gasteiger partial charge in [0.05, 0.1) is 0 Å². The molecule has 0 aromatic rings. The monoisotopic (exact) mass is 444 g/mol. The number of nitrogens with zero attached hydrogens (tertiary/aromatic N) is 1. The SMILES string of the molecule is CC(=O)OC1CCC2(C)C(=CCC3C2CCC2(C)C(C(C)NCCCN(C)C)CCC32)C1. The van der Waals surface area contributed by atoms with E-state index in [-0.39, 0.29) is 12.1 Å². The minimum absolute atomic E-state index is 0.104. The van der Waals surface area contributed by atoms with Gasteiger partial charge in [0.2, 0.25) is 0 Å². The number of carbonyl (C=O) groups is 1. The van der Waals surface area contributed by atoms with Crippen LogP contribution in [0.1, 0.15) is 85.5 Å². The van der Waals surface area contributed by atoms with Crippen LogP contribution in [0, 0.1) is 34.5 Å². The summed E-state index contributed by atoms with van der Waals surface area (Å²) in [5.74, 6) is 3.23. The molecule has 4 aliphatic rings. The second-order valence-electron chi connectivity index (χ2n) is 12.4. The van der Waals surface area contributed by atoms with E-state index >= 15 is 0 Å². The van der Waals surface area contributed by atoms with E-state index in [2.05, 4.69) is 51.2 Å². The van der Waals surface area contributed by atoms with Gasteiger partial charge in [-0.25, -0.2) is 0 Å². The van der Waals surface area contributed by atoms with E-state index in [1.807, 2.05) is 0 Å².